The van der Waals surface area contributed by atoms with Crippen molar-refractivity contribution in [3.05, 3.63) is 28.8 Å². The van der Waals surface area contributed by atoms with Gasteiger partial charge in [0.15, 0.2) is 0 Å². The number of hydrogen-bond acceptors (Lipinski definition) is 3. The third-order valence-electron chi connectivity index (χ3n) is 2.01. The molecule has 88 valence electrons. The van der Waals surface area contributed by atoms with E-state index < -0.39 is 11.8 Å². The molecule has 1 aromatic heterocycles. The molecule has 0 radical (unpaired) electrons. The summed E-state index contributed by atoms with van der Waals surface area (Å²) in [5.41, 5.74) is -0.0295. The van der Waals surface area contributed by atoms with E-state index in [1.54, 1.807) is 0 Å². The Balaban J connectivity index is 2.55. The zero-order valence-electron chi connectivity index (χ0n) is 9.00. The van der Waals surface area contributed by atoms with Crippen molar-refractivity contribution in [2.24, 2.45) is 0 Å². The molecule has 0 amide bonds. The molecule has 0 saturated heterocycles. The highest BCUT2D eigenvalue weighted by Crippen LogP contribution is 2.15. The van der Waals surface area contributed by atoms with Gasteiger partial charge < -0.3 is 4.74 Å². The van der Waals surface area contributed by atoms with Gasteiger partial charge in [0.2, 0.25) is 0 Å². The van der Waals surface area contributed by atoms with Crippen LogP contribution in [0.3, 0.4) is 0 Å². The van der Waals surface area contributed by atoms with Gasteiger partial charge in [0.05, 0.1) is 18.4 Å². The Morgan fingerprint density at radius 1 is 1.56 bits per heavy atom. The van der Waals surface area contributed by atoms with E-state index in [1.807, 2.05) is 0 Å². The maximum absolute atomic E-state index is 12.8. The van der Waals surface area contributed by atoms with Crippen LogP contribution in [0.2, 0.25) is 5.15 Å². The molecule has 0 spiro atoms. The quantitative estimate of drug-likeness (QED) is 0.454. The van der Waals surface area contributed by atoms with Crippen molar-refractivity contribution in [2.45, 2.75) is 26.2 Å². The first-order valence-electron chi connectivity index (χ1n) is 5.13. The van der Waals surface area contributed by atoms with Gasteiger partial charge in [-0.25, -0.2) is 14.2 Å². The lowest BCUT2D eigenvalue weighted by atomic mass is 10.2. The number of carbonyl (C=O) groups excluding carboxylic acids is 1. The smallest absolute Gasteiger partial charge is 0.341 e. The lowest BCUT2D eigenvalue weighted by Crippen LogP contribution is -2.08. The topological polar surface area (TPSA) is 39.2 Å². The Morgan fingerprint density at radius 2 is 2.31 bits per heavy atom. The molecule has 0 atom stereocenters. The average molecular weight is 246 g/mol. The van der Waals surface area contributed by atoms with Crippen LogP contribution in [0.1, 0.15) is 36.5 Å². The average Bonchev–Trinajstić information content (AvgIpc) is 2.27. The molecular weight excluding hydrogens is 233 g/mol. The molecule has 0 fully saturated rings. The van der Waals surface area contributed by atoms with Gasteiger partial charge in [-0.15, -0.1) is 0 Å². The molecule has 1 rings (SSSR count). The van der Waals surface area contributed by atoms with E-state index in [2.05, 4.69) is 11.9 Å². The number of nitrogens with zero attached hydrogens (tertiary/aromatic N) is 1. The number of ether oxygens (including phenoxy) is 1. The maximum Gasteiger partial charge on any atom is 0.341 e. The second-order valence-corrected chi connectivity index (χ2v) is 3.69. The first-order valence-corrected chi connectivity index (χ1v) is 5.51. The first kappa shape index (κ1) is 12.9. The zero-order chi connectivity index (χ0) is 12.0. The molecule has 0 aliphatic carbocycles. The monoisotopic (exact) mass is 245 g/mol. The number of pyridine rings is 1. The largest absolute Gasteiger partial charge is 0.462 e. The predicted octanol–water partition coefficient (Wildman–Crippen LogP) is 3.22. The molecule has 0 unspecified atom stereocenters. The Labute approximate surface area is 98.6 Å². The molecule has 1 heterocycles. The first-order chi connectivity index (χ1) is 7.65. The molecule has 0 bridgehead atoms. The molecule has 16 heavy (non-hydrogen) atoms. The van der Waals surface area contributed by atoms with Crippen molar-refractivity contribution in [3.8, 4) is 0 Å². The molecule has 3 nitrogen and oxygen atoms in total. The van der Waals surface area contributed by atoms with Crippen LogP contribution in [0.4, 0.5) is 4.39 Å². The lowest BCUT2D eigenvalue weighted by molar-refractivity contribution is 0.0497. The summed E-state index contributed by atoms with van der Waals surface area (Å²) in [5, 5.41) is -0.0399. The van der Waals surface area contributed by atoms with Crippen LogP contribution in [0.15, 0.2) is 12.3 Å². The van der Waals surface area contributed by atoms with Gasteiger partial charge in [-0.05, 0) is 12.5 Å². The third kappa shape index (κ3) is 3.77. The summed E-state index contributed by atoms with van der Waals surface area (Å²) in [5.74, 6) is -1.24. The van der Waals surface area contributed by atoms with Gasteiger partial charge in [0.25, 0.3) is 0 Å². The van der Waals surface area contributed by atoms with Gasteiger partial charge in [0, 0.05) is 0 Å². The molecular formula is C11H13ClFNO2. The van der Waals surface area contributed by atoms with Gasteiger partial charge >= 0.3 is 5.97 Å². The molecule has 0 aliphatic heterocycles. The Hall–Kier alpha value is -1.16. The minimum Gasteiger partial charge on any atom is -0.462 e. The van der Waals surface area contributed by atoms with E-state index in [4.69, 9.17) is 16.3 Å². The predicted molar refractivity (Wildman–Crippen MR) is 59.0 cm³/mol. The number of esters is 1. The molecule has 1 aromatic rings. The Bertz CT molecular complexity index is 371. The van der Waals surface area contributed by atoms with Crippen LogP contribution in [0.5, 0.6) is 0 Å². The molecule has 5 heteroatoms. The number of rotatable bonds is 5. The van der Waals surface area contributed by atoms with Crippen molar-refractivity contribution < 1.29 is 13.9 Å². The molecule has 0 aromatic carbocycles. The van der Waals surface area contributed by atoms with Crippen molar-refractivity contribution in [1.29, 1.82) is 0 Å². The van der Waals surface area contributed by atoms with Crippen molar-refractivity contribution in [2.75, 3.05) is 6.61 Å². The molecule has 0 aliphatic rings. The van der Waals surface area contributed by atoms with E-state index in [9.17, 15) is 9.18 Å². The zero-order valence-corrected chi connectivity index (χ0v) is 9.76. The summed E-state index contributed by atoms with van der Waals surface area (Å²) in [4.78, 5) is 15.0. The summed E-state index contributed by atoms with van der Waals surface area (Å²) in [7, 11) is 0. The molecule has 0 N–H and O–H groups in total. The number of hydrogen-bond donors (Lipinski definition) is 0. The van der Waals surface area contributed by atoms with E-state index in [1.165, 1.54) is 0 Å². The van der Waals surface area contributed by atoms with Crippen LogP contribution in [0, 0.1) is 5.82 Å². The number of carbonyl (C=O) groups is 1. The number of aromatic nitrogens is 1. The summed E-state index contributed by atoms with van der Waals surface area (Å²) >= 11 is 5.65. The second-order valence-electron chi connectivity index (χ2n) is 3.33. The van der Waals surface area contributed by atoms with Crippen molar-refractivity contribution in [3.63, 3.8) is 0 Å². The standard InChI is InChI=1S/C11H13ClFNO2/c1-2-3-4-5-16-11(15)9-6-8(13)7-14-10(9)12/h6-7H,2-5H2,1H3. The fourth-order valence-electron chi connectivity index (χ4n) is 1.16. The highest BCUT2D eigenvalue weighted by Gasteiger charge is 2.13. The van der Waals surface area contributed by atoms with Crippen LogP contribution < -0.4 is 0 Å². The fourth-order valence-corrected chi connectivity index (χ4v) is 1.34. The van der Waals surface area contributed by atoms with Crippen LogP contribution in [0.25, 0.3) is 0 Å². The van der Waals surface area contributed by atoms with E-state index in [-0.39, 0.29) is 10.7 Å². The van der Waals surface area contributed by atoms with Gasteiger partial charge in [-0.3, -0.25) is 0 Å². The summed E-state index contributed by atoms with van der Waals surface area (Å²) in [6, 6.07) is 1.03. The Kier molecular flexibility index (Phi) is 5.19. The van der Waals surface area contributed by atoms with E-state index in [0.29, 0.717) is 6.61 Å². The minimum absolute atomic E-state index is 0.0295. The minimum atomic E-state index is -0.631. The third-order valence-corrected chi connectivity index (χ3v) is 2.31. The van der Waals surface area contributed by atoms with E-state index in [0.717, 1.165) is 31.5 Å². The fraction of sp³-hybridized carbons (Fsp3) is 0.455. The normalized spacial score (nSPS) is 10.2. The Morgan fingerprint density at radius 3 is 3.00 bits per heavy atom. The van der Waals surface area contributed by atoms with Crippen molar-refractivity contribution >= 4 is 17.6 Å². The highest BCUT2D eigenvalue weighted by atomic mass is 35.5. The SMILES string of the molecule is CCCCCOC(=O)c1cc(F)cnc1Cl. The van der Waals surface area contributed by atoms with Gasteiger partial charge in [0.1, 0.15) is 11.0 Å². The number of unbranched alkanes of at least 4 members (excludes halogenated alkanes) is 2. The lowest BCUT2D eigenvalue weighted by Gasteiger charge is -2.05. The molecule has 0 saturated carbocycles. The van der Waals surface area contributed by atoms with Crippen molar-refractivity contribution in [1.82, 2.24) is 4.98 Å². The van der Waals surface area contributed by atoms with Crippen LogP contribution in [-0.4, -0.2) is 17.6 Å². The van der Waals surface area contributed by atoms with Crippen LogP contribution in [-0.2, 0) is 4.74 Å². The van der Waals surface area contributed by atoms with Crippen LogP contribution >= 0.6 is 11.6 Å². The summed E-state index contributed by atoms with van der Waals surface area (Å²) in [6.45, 7) is 2.37. The summed E-state index contributed by atoms with van der Waals surface area (Å²) in [6.07, 6.45) is 3.78. The maximum atomic E-state index is 12.8. The van der Waals surface area contributed by atoms with E-state index >= 15 is 0 Å². The second kappa shape index (κ2) is 6.43. The summed E-state index contributed by atoms with van der Waals surface area (Å²) < 4.78 is 17.8. The van der Waals surface area contributed by atoms with Gasteiger partial charge in [-0.1, -0.05) is 31.4 Å². The van der Waals surface area contributed by atoms with Gasteiger partial charge in [-0.2, -0.15) is 0 Å². The number of halogens is 2. The highest BCUT2D eigenvalue weighted by molar-refractivity contribution is 6.32.